The molecule has 4 heterocycles. The van der Waals surface area contributed by atoms with E-state index in [0.717, 1.165) is 10.1 Å². The summed E-state index contributed by atoms with van der Waals surface area (Å²) >= 11 is 0. The Bertz CT molecular complexity index is 1200. The molecule has 0 aliphatic heterocycles. The van der Waals surface area contributed by atoms with Gasteiger partial charge in [0.25, 0.3) is 11.5 Å². The first-order chi connectivity index (χ1) is 12.6. The van der Waals surface area contributed by atoms with Crippen LogP contribution in [0.2, 0.25) is 0 Å². The maximum absolute atomic E-state index is 12.4. The highest BCUT2D eigenvalue weighted by Crippen LogP contribution is 2.09. The maximum atomic E-state index is 12.4. The van der Waals surface area contributed by atoms with Crippen LogP contribution in [0.5, 0.6) is 0 Å². The average molecular weight is 349 g/mol. The molecular weight excluding hydrogens is 334 g/mol. The van der Waals surface area contributed by atoms with Gasteiger partial charge in [-0.25, -0.2) is 9.78 Å². The number of H-pyrrole nitrogens is 1. The Balaban J connectivity index is 1.51. The van der Waals surface area contributed by atoms with E-state index in [1.54, 1.807) is 24.4 Å². The van der Waals surface area contributed by atoms with Crippen molar-refractivity contribution in [3.63, 3.8) is 0 Å². The van der Waals surface area contributed by atoms with Crippen LogP contribution in [0, 0.1) is 0 Å². The molecule has 0 aliphatic rings. The first-order valence-electron chi connectivity index (χ1n) is 8.06. The average Bonchev–Trinajstić information content (AvgIpc) is 3.08. The monoisotopic (exact) mass is 349 g/mol. The summed E-state index contributed by atoms with van der Waals surface area (Å²) in [6, 6.07) is 10.7. The molecule has 8 heteroatoms. The fourth-order valence-corrected chi connectivity index (χ4v) is 2.85. The van der Waals surface area contributed by atoms with E-state index in [0.29, 0.717) is 10.9 Å². The number of amides is 1. The molecule has 0 aliphatic carbocycles. The zero-order valence-corrected chi connectivity index (χ0v) is 13.7. The number of carbonyl (C=O) groups is 1. The first kappa shape index (κ1) is 15.8. The van der Waals surface area contributed by atoms with Gasteiger partial charge in [-0.3, -0.25) is 19.1 Å². The van der Waals surface area contributed by atoms with Crippen LogP contribution in [0.25, 0.3) is 16.6 Å². The predicted octanol–water partition coefficient (Wildman–Crippen LogP) is 0.767. The highest BCUT2D eigenvalue weighted by Gasteiger charge is 2.10. The first-order valence-corrected chi connectivity index (χ1v) is 8.06. The minimum atomic E-state index is -0.551. The minimum Gasteiger partial charge on any atom is -0.350 e. The van der Waals surface area contributed by atoms with E-state index in [4.69, 9.17) is 0 Å². The molecule has 4 aromatic rings. The van der Waals surface area contributed by atoms with Gasteiger partial charge in [-0.1, -0.05) is 6.07 Å². The maximum Gasteiger partial charge on any atom is 0.330 e. The molecule has 0 saturated heterocycles. The van der Waals surface area contributed by atoms with E-state index in [1.165, 1.54) is 6.20 Å². The summed E-state index contributed by atoms with van der Waals surface area (Å²) in [7, 11) is 0. The summed E-state index contributed by atoms with van der Waals surface area (Å²) in [6.07, 6.45) is 5.09. The molecule has 1 amide bonds. The predicted molar refractivity (Wildman–Crippen MR) is 96.4 cm³/mol. The Hall–Kier alpha value is -3.68. The summed E-state index contributed by atoms with van der Waals surface area (Å²) in [5, 5.41) is 3.06. The van der Waals surface area contributed by atoms with Crippen LogP contribution in [-0.4, -0.2) is 31.4 Å². The second-order valence-electron chi connectivity index (χ2n) is 5.80. The van der Waals surface area contributed by atoms with Crippen LogP contribution in [-0.2, 0) is 6.54 Å². The zero-order valence-electron chi connectivity index (χ0n) is 13.7. The SMILES string of the molecule is O=C(NCCn1c(=O)[nH]c2ncccc2c1=O)c1cc2ccccn2c1. The molecule has 0 atom stereocenters. The van der Waals surface area contributed by atoms with Crippen molar-refractivity contribution in [1.82, 2.24) is 24.3 Å². The highest BCUT2D eigenvalue weighted by atomic mass is 16.2. The number of nitrogens with one attached hydrogen (secondary N) is 2. The van der Waals surface area contributed by atoms with Crippen molar-refractivity contribution >= 4 is 22.5 Å². The van der Waals surface area contributed by atoms with Crippen molar-refractivity contribution in [2.24, 2.45) is 0 Å². The van der Waals surface area contributed by atoms with Gasteiger partial charge in [0.15, 0.2) is 0 Å². The minimum absolute atomic E-state index is 0.0676. The Labute approximate surface area is 146 Å². The summed E-state index contributed by atoms with van der Waals surface area (Å²) in [6.45, 7) is 0.220. The van der Waals surface area contributed by atoms with Crippen molar-refractivity contribution in [1.29, 1.82) is 0 Å². The normalized spacial score (nSPS) is 11.1. The molecule has 0 fully saturated rings. The molecular formula is C18H15N5O3. The topological polar surface area (TPSA) is 101 Å². The molecule has 0 radical (unpaired) electrons. The van der Waals surface area contributed by atoms with Gasteiger partial charge in [-0.15, -0.1) is 0 Å². The second-order valence-corrected chi connectivity index (χ2v) is 5.80. The van der Waals surface area contributed by atoms with Crippen LogP contribution in [0.15, 0.2) is 64.6 Å². The second kappa shape index (κ2) is 6.32. The van der Waals surface area contributed by atoms with Crippen molar-refractivity contribution in [2.45, 2.75) is 6.54 Å². The van der Waals surface area contributed by atoms with E-state index in [-0.39, 0.29) is 24.6 Å². The summed E-state index contributed by atoms with van der Waals surface area (Å²) in [5.41, 5.74) is 0.696. The summed E-state index contributed by atoms with van der Waals surface area (Å²) in [5.74, 6) is -0.263. The van der Waals surface area contributed by atoms with Gasteiger partial charge in [0, 0.05) is 37.2 Å². The Kier molecular flexibility index (Phi) is 3.85. The number of carbonyl (C=O) groups excluding carboxylic acids is 1. The quantitative estimate of drug-likeness (QED) is 0.568. The number of fused-ring (bicyclic) bond motifs is 2. The summed E-state index contributed by atoms with van der Waals surface area (Å²) in [4.78, 5) is 43.3. The van der Waals surface area contributed by atoms with E-state index in [9.17, 15) is 14.4 Å². The molecule has 4 rings (SSSR count). The molecule has 26 heavy (non-hydrogen) atoms. The fourth-order valence-electron chi connectivity index (χ4n) is 2.85. The van der Waals surface area contributed by atoms with E-state index in [1.807, 2.05) is 28.8 Å². The van der Waals surface area contributed by atoms with E-state index < -0.39 is 11.2 Å². The van der Waals surface area contributed by atoms with Crippen LogP contribution in [0.1, 0.15) is 10.4 Å². The number of pyridine rings is 2. The van der Waals surface area contributed by atoms with Crippen molar-refractivity contribution in [3.05, 3.63) is 81.4 Å². The van der Waals surface area contributed by atoms with Crippen molar-refractivity contribution < 1.29 is 4.79 Å². The third-order valence-corrected chi connectivity index (χ3v) is 4.14. The Morgan fingerprint density at radius 3 is 2.92 bits per heavy atom. The van der Waals surface area contributed by atoms with Crippen LogP contribution in [0.3, 0.4) is 0 Å². The van der Waals surface area contributed by atoms with Gasteiger partial charge in [0.2, 0.25) is 0 Å². The van der Waals surface area contributed by atoms with Gasteiger partial charge in [0.1, 0.15) is 5.65 Å². The number of aromatic amines is 1. The van der Waals surface area contributed by atoms with E-state index >= 15 is 0 Å². The number of hydrogen-bond acceptors (Lipinski definition) is 4. The smallest absolute Gasteiger partial charge is 0.330 e. The Morgan fingerprint density at radius 1 is 1.19 bits per heavy atom. The molecule has 4 aromatic heterocycles. The third-order valence-electron chi connectivity index (χ3n) is 4.14. The lowest BCUT2D eigenvalue weighted by Gasteiger charge is -2.07. The Morgan fingerprint density at radius 2 is 2.08 bits per heavy atom. The fraction of sp³-hybridized carbons (Fsp3) is 0.111. The summed E-state index contributed by atoms with van der Waals surface area (Å²) < 4.78 is 2.90. The van der Waals surface area contributed by atoms with Crippen molar-refractivity contribution in [2.75, 3.05) is 6.54 Å². The highest BCUT2D eigenvalue weighted by molar-refractivity contribution is 5.95. The van der Waals surface area contributed by atoms with Gasteiger partial charge in [0.05, 0.1) is 10.9 Å². The molecule has 130 valence electrons. The lowest BCUT2D eigenvalue weighted by Crippen LogP contribution is -2.39. The van der Waals surface area contributed by atoms with Gasteiger partial charge in [-0.05, 0) is 30.3 Å². The zero-order chi connectivity index (χ0) is 18.1. The number of nitrogens with zero attached hydrogens (tertiary/aromatic N) is 3. The molecule has 8 nitrogen and oxygen atoms in total. The lowest BCUT2D eigenvalue weighted by molar-refractivity contribution is 0.0952. The number of aromatic nitrogens is 4. The molecule has 2 N–H and O–H groups in total. The largest absolute Gasteiger partial charge is 0.350 e. The molecule has 0 bridgehead atoms. The van der Waals surface area contributed by atoms with E-state index in [2.05, 4.69) is 15.3 Å². The van der Waals surface area contributed by atoms with Crippen LogP contribution < -0.4 is 16.6 Å². The molecule has 0 aromatic carbocycles. The molecule has 0 saturated carbocycles. The van der Waals surface area contributed by atoms with Gasteiger partial charge < -0.3 is 9.72 Å². The lowest BCUT2D eigenvalue weighted by atomic mass is 10.3. The number of hydrogen-bond donors (Lipinski definition) is 2. The molecule has 0 spiro atoms. The van der Waals surface area contributed by atoms with Gasteiger partial charge >= 0.3 is 5.69 Å². The van der Waals surface area contributed by atoms with Crippen LogP contribution >= 0.6 is 0 Å². The molecule has 0 unspecified atom stereocenters. The van der Waals surface area contributed by atoms with Crippen LogP contribution in [0.4, 0.5) is 0 Å². The third kappa shape index (κ3) is 2.77. The van der Waals surface area contributed by atoms with Crippen molar-refractivity contribution in [3.8, 4) is 0 Å². The standard InChI is InChI=1S/C18H15N5O3/c24-16(12-10-13-4-1-2-8-22(13)11-12)20-7-9-23-17(25)14-5-3-6-19-15(14)21-18(23)26/h1-6,8,10-11H,7,9H2,(H,20,24)(H,19,21,26). The number of rotatable bonds is 4. The van der Waals surface area contributed by atoms with Gasteiger partial charge in [-0.2, -0.15) is 0 Å².